The number of carbonyl (C=O) groups excluding carboxylic acids is 1. The monoisotopic (exact) mass is 214 g/mol. The van der Waals surface area contributed by atoms with Gasteiger partial charge in [-0.3, -0.25) is 9.78 Å². The van der Waals surface area contributed by atoms with Gasteiger partial charge in [0.05, 0.1) is 11.3 Å². The number of phenolic OH excluding ortho intramolecular Hbond substituents is 1. The topological polar surface area (TPSA) is 76.2 Å². The quantitative estimate of drug-likeness (QED) is 0.452. The highest BCUT2D eigenvalue weighted by molar-refractivity contribution is 6.11. The Bertz CT molecular complexity index is 524. The van der Waals surface area contributed by atoms with Crippen molar-refractivity contribution in [2.75, 3.05) is 5.73 Å². The first-order valence-corrected chi connectivity index (χ1v) is 4.72. The van der Waals surface area contributed by atoms with Gasteiger partial charge in [0.1, 0.15) is 5.75 Å². The summed E-state index contributed by atoms with van der Waals surface area (Å²) in [7, 11) is 0. The minimum Gasteiger partial charge on any atom is -0.505 e. The van der Waals surface area contributed by atoms with Crippen LogP contribution in [0.1, 0.15) is 15.9 Å². The number of para-hydroxylation sites is 1. The normalized spacial score (nSPS) is 10.0. The van der Waals surface area contributed by atoms with Gasteiger partial charge in [0.2, 0.25) is 0 Å². The molecule has 2 rings (SSSR count). The number of aromatic nitrogens is 1. The summed E-state index contributed by atoms with van der Waals surface area (Å²) < 4.78 is 0. The molecular formula is C12H10N2O2. The molecule has 0 spiro atoms. The second kappa shape index (κ2) is 4.02. The number of aromatic hydroxyl groups is 1. The molecule has 0 atom stereocenters. The zero-order valence-electron chi connectivity index (χ0n) is 8.42. The number of nitrogens with zero attached hydrogens (tertiary/aromatic N) is 1. The van der Waals surface area contributed by atoms with Crippen molar-refractivity contribution >= 4 is 11.5 Å². The fraction of sp³-hybridized carbons (Fsp3) is 0. The smallest absolute Gasteiger partial charge is 0.196 e. The Morgan fingerprint density at radius 1 is 1.19 bits per heavy atom. The maximum absolute atomic E-state index is 12.0. The fourth-order valence-corrected chi connectivity index (χ4v) is 1.40. The highest BCUT2D eigenvalue weighted by Gasteiger charge is 2.14. The molecule has 0 aliphatic heterocycles. The first-order valence-electron chi connectivity index (χ1n) is 4.72. The number of benzene rings is 1. The number of carbonyl (C=O) groups is 1. The molecule has 0 amide bonds. The number of anilines is 1. The Morgan fingerprint density at radius 3 is 2.56 bits per heavy atom. The molecule has 1 heterocycles. The van der Waals surface area contributed by atoms with Gasteiger partial charge in [-0.05, 0) is 24.3 Å². The van der Waals surface area contributed by atoms with E-state index in [0.717, 1.165) is 0 Å². The van der Waals surface area contributed by atoms with Crippen molar-refractivity contribution in [3.05, 3.63) is 53.9 Å². The van der Waals surface area contributed by atoms with Crippen LogP contribution in [0.15, 0.2) is 42.7 Å². The third-order valence-corrected chi connectivity index (χ3v) is 2.25. The van der Waals surface area contributed by atoms with E-state index in [-0.39, 0.29) is 22.8 Å². The Morgan fingerprint density at radius 2 is 1.88 bits per heavy atom. The largest absolute Gasteiger partial charge is 0.505 e. The van der Waals surface area contributed by atoms with Crippen molar-refractivity contribution in [3.63, 3.8) is 0 Å². The number of phenols is 1. The van der Waals surface area contributed by atoms with E-state index in [1.54, 1.807) is 24.3 Å². The van der Waals surface area contributed by atoms with Crippen LogP contribution in [-0.2, 0) is 0 Å². The average Bonchev–Trinajstić information content (AvgIpc) is 2.33. The average molecular weight is 214 g/mol. The van der Waals surface area contributed by atoms with Crippen LogP contribution in [0.25, 0.3) is 0 Å². The van der Waals surface area contributed by atoms with Gasteiger partial charge in [-0.2, -0.15) is 0 Å². The number of ketones is 1. The molecule has 0 unspecified atom stereocenters. The van der Waals surface area contributed by atoms with Crippen molar-refractivity contribution < 1.29 is 9.90 Å². The Labute approximate surface area is 92.4 Å². The number of hydrogen-bond donors (Lipinski definition) is 2. The number of rotatable bonds is 2. The lowest BCUT2D eigenvalue weighted by atomic mass is 10.0. The molecule has 0 fully saturated rings. The number of nitrogen functional groups attached to an aromatic ring is 1. The number of hydrogen-bond acceptors (Lipinski definition) is 4. The van der Waals surface area contributed by atoms with Crippen LogP contribution in [0.3, 0.4) is 0 Å². The van der Waals surface area contributed by atoms with Crippen molar-refractivity contribution in [1.29, 1.82) is 0 Å². The van der Waals surface area contributed by atoms with E-state index in [2.05, 4.69) is 4.98 Å². The lowest BCUT2D eigenvalue weighted by Gasteiger charge is -2.05. The summed E-state index contributed by atoms with van der Waals surface area (Å²) in [4.78, 5) is 15.8. The second-order valence-corrected chi connectivity index (χ2v) is 3.31. The third kappa shape index (κ3) is 1.72. The lowest BCUT2D eigenvalue weighted by Crippen LogP contribution is -2.02. The Kier molecular flexibility index (Phi) is 2.55. The molecule has 16 heavy (non-hydrogen) atoms. The summed E-state index contributed by atoms with van der Waals surface area (Å²) in [5.41, 5.74) is 6.38. The fourth-order valence-electron chi connectivity index (χ4n) is 1.40. The van der Waals surface area contributed by atoms with Crippen LogP contribution in [0.4, 0.5) is 5.69 Å². The molecule has 80 valence electrons. The zero-order valence-corrected chi connectivity index (χ0v) is 8.42. The number of pyridine rings is 1. The van der Waals surface area contributed by atoms with Crippen molar-refractivity contribution in [2.45, 2.75) is 0 Å². The molecular weight excluding hydrogens is 204 g/mol. The Hall–Kier alpha value is -2.36. The maximum Gasteiger partial charge on any atom is 0.196 e. The maximum atomic E-state index is 12.0. The molecule has 0 aliphatic rings. The van der Waals surface area contributed by atoms with Crippen molar-refractivity contribution in [1.82, 2.24) is 4.98 Å². The molecule has 4 heteroatoms. The summed E-state index contributed by atoms with van der Waals surface area (Å²) in [6, 6.07) is 7.88. The minimum absolute atomic E-state index is 0.177. The van der Waals surface area contributed by atoms with E-state index in [1.165, 1.54) is 18.5 Å². The molecule has 2 aromatic rings. The summed E-state index contributed by atoms with van der Waals surface area (Å²) in [5.74, 6) is -0.448. The minimum atomic E-state index is -0.271. The van der Waals surface area contributed by atoms with E-state index in [1.807, 2.05) is 0 Å². The van der Waals surface area contributed by atoms with E-state index in [4.69, 9.17) is 5.73 Å². The van der Waals surface area contributed by atoms with Crippen LogP contribution in [0.5, 0.6) is 5.75 Å². The molecule has 1 aromatic heterocycles. The summed E-state index contributed by atoms with van der Waals surface area (Å²) in [6.07, 6.45) is 3.05. The number of nitrogens with two attached hydrogens (primary N) is 1. The van der Waals surface area contributed by atoms with E-state index in [0.29, 0.717) is 5.56 Å². The molecule has 3 N–H and O–H groups in total. The SMILES string of the molecule is Nc1cccc(C(=O)c2ccncc2)c1O. The molecule has 0 radical (unpaired) electrons. The summed E-state index contributed by atoms with van der Waals surface area (Å²) in [5, 5.41) is 9.67. The van der Waals surface area contributed by atoms with Gasteiger partial charge in [-0.15, -0.1) is 0 Å². The van der Waals surface area contributed by atoms with Gasteiger partial charge in [0.25, 0.3) is 0 Å². The highest BCUT2D eigenvalue weighted by atomic mass is 16.3. The first kappa shape index (κ1) is 10.2. The van der Waals surface area contributed by atoms with Crippen LogP contribution >= 0.6 is 0 Å². The van der Waals surface area contributed by atoms with E-state index >= 15 is 0 Å². The van der Waals surface area contributed by atoms with Gasteiger partial charge in [0.15, 0.2) is 5.78 Å². The summed E-state index contributed by atoms with van der Waals surface area (Å²) >= 11 is 0. The Balaban J connectivity index is 2.46. The van der Waals surface area contributed by atoms with Gasteiger partial charge in [0, 0.05) is 18.0 Å². The molecule has 4 nitrogen and oxygen atoms in total. The first-order chi connectivity index (χ1) is 7.70. The molecule has 1 aromatic carbocycles. The molecule has 0 aliphatic carbocycles. The zero-order chi connectivity index (χ0) is 11.5. The van der Waals surface area contributed by atoms with Crippen LogP contribution in [0.2, 0.25) is 0 Å². The predicted molar refractivity (Wildman–Crippen MR) is 60.2 cm³/mol. The standard InChI is InChI=1S/C12H10N2O2/c13-10-3-1-2-9(12(10)16)11(15)8-4-6-14-7-5-8/h1-7,16H,13H2. The van der Waals surface area contributed by atoms with Crippen molar-refractivity contribution in [3.8, 4) is 5.75 Å². The lowest BCUT2D eigenvalue weighted by molar-refractivity contribution is 0.103. The third-order valence-electron chi connectivity index (χ3n) is 2.25. The molecule has 0 saturated carbocycles. The van der Waals surface area contributed by atoms with Gasteiger partial charge < -0.3 is 10.8 Å². The van der Waals surface area contributed by atoms with Crippen molar-refractivity contribution in [2.24, 2.45) is 0 Å². The van der Waals surface area contributed by atoms with Gasteiger partial charge in [-0.25, -0.2) is 0 Å². The van der Waals surface area contributed by atoms with E-state index < -0.39 is 0 Å². The van der Waals surface area contributed by atoms with Crippen LogP contribution in [0, 0.1) is 0 Å². The summed E-state index contributed by atoms with van der Waals surface area (Å²) in [6.45, 7) is 0. The predicted octanol–water partition coefficient (Wildman–Crippen LogP) is 1.60. The van der Waals surface area contributed by atoms with Gasteiger partial charge in [-0.1, -0.05) is 6.07 Å². The molecule has 0 saturated heterocycles. The molecule has 0 bridgehead atoms. The van der Waals surface area contributed by atoms with E-state index in [9.17, 15) is 9.90 Å². The second-order valence-electron chi connectivity index (χ2n) is 3.31. The van der Waals surface area contributed by atoms with Crippen LogP contribution in [-0.4, -0.2) is 15.9 Å². The van der Waals surface area contributed by atoms with Crippen LogP contribution < -0.4 is 5.73 Å². The van der Waals surface area contributed by atoms with Gasteiger partial charge >= 0.3 is 0 Å². The highest BCUT2D eigenvalue weighted by Crippen LogP contribution is 2.26.